The minimum Gasteiger partial charge on any atom is -0.458 e. The summed E-state index contributed by atoms with van der Waals surface area (Å²) in [6.07, 6.45) is -3.30. The van der Waals surface area contributed by atoms with Gasteiger partial charge in [-0.2, -0.15) is 22.0 Å². The van der Waals surface area contributed by atoms with Crippen molar-refractivity contribution in [2.75, 3.05) is 19.8 Å². The molecule has 3 aromatic rings. The number of carbonyl (C=O) groups excluding carboxylic acids is 2. The minimum atomic E-state index is -5.91. The molecule has 1 amide bonds. The van der Waals surface area contributed by atoms with Crippen LogP contribution in [0.5, 0.6) is 0 Å². The van der Waals surface area contributed by atoms with E-state index in [2.05, 4.69) is 25.5 Å². The zero-order valence-corrected chi connectivity index (χ0v) is 23.9. The number of nitrogens with one attached hydrogen (secondary N) is 2. The highest BCUT2D eigenvalue weighted by molar-refractivity contribution is 5.92. The molecule has 4 rings (SSSR count). The smallest absolute Gasteiger partial charge is 0.456 e. The molecule has 1 aromatic heterocycles. The number of H-pyrrole nitrogens is 1. The van der Waals surface area contributed by atoms with E-state index < -0.39 is 54.9 Å². The number of aromatic nitrogens is 3. The molecule has 0 bridgehead atoms. The molecule has 0 spiro atoms. The average Bonchev–Trinajstić information content (AvgIpc) is 3.55. The fourth-order valence-corrected chi connectivity index (χ4v) is 4.77. The van der Waals surface area contributed by atoms with Gasteiger partial charge in [-0.3, -0.25) is 14.7 Å². The predicted octanol–water partition coefficient (Wildman–Crippen LogP) is 5.49. The lowest BCUT2D eigenvalue weighted by Crippen LogP contribution is -2.48. The topological polar surface area (TPSA) is 115 Å². The summed E-state index contributed by atoms with van der Waals surface area (Å²) in [4.78, 5) is 26.2. The number of hydrogen-bond acceptors (Lipinski definition) is 7. The van der Waals surface area contributed by atoms with Gasteiger partial charge in [-0.25, -0.2) is 0 Å². The van der Waals surface area contributed by atoms with E-state index in [4.69, 9.17) is 9.47 Å². The van der Waals surface area contributed by atoms with Crippen molar-refractivity contribution >= 4 is 11.9 Å². The number of benzene rings is 2. The van der Waals surface area contributed by atoms with Gasteiger partial charge in [-0.1, -0.05) is 59.8 Å². The van der Waals surface area contributed by atoms with Gasteiger partial charge in [-0.05, 0) is 55.7 Å². The number of aromatic amines is 1. The molecule has 238 valence electrons. The number of nitrogens with zero attached hydrogens (tertiary/aromatic N) is 2. The molecule has 2 N–H and O–H groups in total. The second kappa shape index (κ2) is 14.2. The van der Waals surface area contributed by atoms with Crippen LogP contribution in [0, 0.1) is 5.41 Å². The Bertz CT molecular complexity index is 1350. The van der Waals surface area contributed by atoms with Gasteiger partial charge in [0.05, 0.1) is 18.2 Å². The third kappa shape index (κ3) is 8.82. The van der Waals surface area contributed by atoms with Crippen LogP contribution < -0.4 is 5.32 Å². The van der Waals surface area contributed by atoms with E-state index in [-0.39, 0.29) is 18.5 Å². The molecular weight excluding hydrogens is 591 g/mol. The van der Waals surface area contributed by atoms with Crippen LogP contribution in [0.15, 0.2) is 60.8 Å². The molecule has 2 heterocycles. The lowest BCUT2D eigenvalue weighted by molar-refractivity contribution is -0.295. The molecule has 0 radical (unpaired) electrons. The molecule has 1 fully saturated rings. The lowest BCUT2D eigenvalue weighted by Gasteiger charge is -2.34. The van der Waals surface area contributed by atoms with Crippen LogP contribution >= 0.6 is 0 Å². The van der Waals surface area contributed by atoms with Crippen LogP contribution in [0.1, 0.15) is 48.7 Å². The number of carbonyl (C=O) groups is 2. The number of alkyl halides is 5. The largest absolute Gasteiger partial charge is 0.458 e. The van der Waals surface area contributed by atoms with Gasteiger partial charge < -0.3 is 19.5 Å². The number of esters is 1. The Kier molecular flexibility index (Phi) is 10.7. The zero-order valence-electron chi connectivity index (χ0n) is 23.9. The van der Waals surface area contributed by atoms with Crippen LogP contribution in [0.25, 0.3) is 11.1 Å². The quantitative estimate of drug-likeness (QED) is 0.191. The minimum absolute atomic E-state index is 0.0459. The fourth-order valence-electron chi connectivity index (χ4n) is 4.77. The summed E-state index contributed by atoms with van der Waals surface area (Å²) in [6.45, 7) is -0.865. The monoisotopic (exact) mass is 624 g/mol. The number of rotatable bonds is 13. The zero-order chi connectivity index (χ0) is 31.8. The molecule has 1 unspecified atom stereocenters. The number of amides is 1. The Balaban J connectivity index is 1.57. The first-order chi connectivity index (χ1) is 20.9. The van der Waals surface area contributed by atoms with Gasteiger partial charge in [-0.15, -0.1) is 5.10 Å². The lowest BCUT2D eigenvalue weighted by atomic mass is 9.82. The molecule has 1 aliphatic heterocycles. The second-order valence-electron chi connectivity index (χ2n) is 10.9. The second-order valence-corrected chi connectivity index (χ2v) is 10.9. The van der Waals surface area contributed by atoms with E-state index in [1.807, 2.05) is 54.6 Å². The highest BCUT2D eigenvalue weighted by Gasteiger charge is 2.59. The van der Waals surface area contributed by atoms with Crippen LogP contribution in [0.3, 0.4) is 0 Å². The van der Waals surface area contributed by atoms with Crippen molar-refractivity contribution in [3.8, 4) is 11.1 Å². The van der Waals surface area contributed by atoms with Crippen LogP contribution in [-0.4, -0.2) is 71.5 Å². The predicted molar refractivity (Wildman–Crippen MR) is 147 cm³/mol. The molecule has 14 heteroatoms. The maximum atomic E-state index is 13.7. The Hall–Kier alpha value is -3.91. The summed E-state index contributed by atoms with van der Waals surface area (Å²) in [5.74, 6) is -7.23. The molecule has 0 saturated carbocycles. The first-order valence-electron chi connectivity index (χ1n) is 14.0. The fraction of sp³-hybridized carbons (Fsp3) is 0.467. The summed E-state index contributed by atoms with van der Waals surface area (Å²) in [5.41, 5.74) is 0.885. The standard InChI is InChI=1S/C30H33F5N4O5/c1-28(18-43-25-9-5-6-14-42-25,27(41)44-19-29(31,32)30(33,34)35)16-23(37-26(40)24-17-36-39-38-24)15-20-10-12-22(13-11-20)21-7-3-2-4-8-21/h2-4,7-8,10-13,17,23,25H,5-6,9,14-16,18-19H2,1H3,(H,37,40)(H,36,38,39)/t23-,25?,28+/m1/s1. The Morgan fingerprint density at radius 3 is 2.34 bits per heavy atom. The van der Waals surface area contributed by atoms with Crippen LogP contribution in [0.4, 0.5) is 22.0 Å². The summed E-state index contributed by atoms with van der Waals surface area (Å²) in [6, 6.07) is 16.2. The van der Waals surface area contributed by atoms with Gasteiger partial charge in [0.1, 0.15) is 0 Å². The van der Waals surface area contributed by atoms with Crippen molar-refractivity contribution in [3.05, 3.63) is 72.1 Å². The molecule has 1 aliphatic rings. The van der Waals surface area contributed by atoms with Crippen LogP contribution in [-0.2, 0) is 25.4 Å². The first kappa shape index (κ1) is 33.0. The molecule has 2 aromatic carbocycles. The van der Waals surface area contributed by atoms with Crippen molar-refractivity contribution in [3.63, 3.8) is 0 Å². The van der Waals surface area contributed by atoms with Crippen molar-refractivity contribution in [2.45, 2.75) is 63.5 Å². The highest BCUT2D eigenvalue weighted by Crippen LogP contribution is 2.37. The molecule has 9 nitrogen and oxygen atoms in total. The van der Waals surface area contributed by atoms with Crippen molar-refractivity contribution in [1.82, 2.24) is 20.7 Å². The summed E-state index contributed by atoms with van der Waals surface area (Å²) in [7, 11) is 0. The molecule has 3 atom stereocenters. The normalized spacial score (nSPS) is 17.8. The van der Waals surface area contributed by atoms with E-state index in [0.29, 0.717) is 13.0 Å². The van der Waals surface area contributed by atoms with Gasteiger partial charge in [0, 0.05) is 12.6 Å². The third-order valence-electron chi connectivity index (χ3n) is 7.24. The SMILES string of the molecule is C[C@@](COC1CCCCO1)(C[C@@H](Cc1ccc(-c2ccccc2)cc1)NC(=O)c1c[nH]nn1)C(=O)OCC(F)(F)C(F)(F)F. The van der Waals surface area contributed by atoms with E-state index in [0.717, 1.165) is 29.5 Å². The van der Waals surface area contributed by atoms with Crippen molar-refractivity contribution in [1.29, 1.82) is 0 Å². The molecule has 44 heavy (non-hydrogen) atoms. The van der Waals surface area contributed by atoms with Crippen molar-refractivity contribution < 1.29 is 45.8 Å². The van der Waals surface area contributed by atoms with E-state index >= 15 is 0 Å². The maximum Gasteiger partial charge on any atom is 0.456 e. The van der Waals surface area contributed by atoms with Gasteiger partial charge in [0.25, 0.3) is 5.91 Å². The summed E-state index contributed by atoms with van der Waals surface area (Å²) in [5, 5.41) is 12.4. The number of halogens is 5. The average molecular weight is 625 g/mol. The van der Waals surface area contributed by atoms with Gasteiger partial charge in [0.2, 0.25) is 0 Å². The Morgan fingerprint density at radius 1 is 1.02 bits per heavy atom. The van der Waals surface area contributed by atoms with Crippen molar-refractivity contribution in [2.24, 2.45) is 5.41 Å². The van der Waals surface area contributed by atoms with Gasteiger partial charge >= 0.3 is 18.1 Å². The van der Waals surface area contributed by atoms with Gasteiger partial charge in [0.15, 0.2) is 18.6 Å². The van der Waals surface area contributed by atoms with E-state index in [1.54, 1.807) is 0 Å². The molecule has 0 aliphatic carbocycles. The number of ether oxygens (including phenoxy) is 3. The maximum absolute atomic E-state index is 13.7. The summed E-state index contributed by atoms with van der Waals surface area (Å²) >= 11 is 0. The third-order valence-corrected chi connectivity index (χ3v) is 7.24. The van der Waals surface area contributed by atoms with Crippen LogP contribution in [0.2, 0.25) is 0 Å². The highest BCUT2D eigenvalue weighted by atomic mass is 19.4. The number of hydrogen-bond donors (Lipinski definition) is 2. The Labute approximate surface area is 250 Å². The first-order valence-corrected chi connectivity index (χ1v) is 14.0. The molecule has 1 saturated heterocycles. The van der Waals surface area contributed by atoms with E-state index in [1.165, 1.54) is 13.1 Å². The summed E-state index contributed by atoms with van der Waals surface area (Å²) < 4.78 is 81.6. The Morgan fingerprint density at radius 2 is 1.73 bits per heavy atom. The van der Waals surface area contributed by atoms with E-state index in [9.17, 15) is 31.5 Å². The molecular formula is C30H33F5N4O5.